The molecule has 0 aliphatic rings. The number of rotatable bonds is 6. The number of benzene rings is 2. The second kappa shape index (κ2) is 8.39. The Balaban J connectivity index is 2.09. The highest BCUT2D eigenvalue weighted by Gasteiger charge is 2.21. The van der Waals surface area contributed by atoms with E-state index in [4.69, 9.17) is 14.2 Å². The van der Waals surface area contributed by atoms with E-state index in [9.17, 15) is 14.7 Å². The highest BCUT2D eigenvalue weighted by atomic mass is 16.5. The third kappa shape index (κ3) is 4.20. The summed E-state index contributed by atoms with van der Waals surface area (Å²) in [4.78, 5) is 27.5. The van der Waals surface area contributed by atoms with E-state index in [1.807, 2.05) is 30.3 Å². The Morgan fingerprint density at radius 3 is 2.43 bits per heavy atom. The molecule has 0 atom stereocenters. The Labute approximate surface area is 161 Å². The van der Waals surface area contributed by atoms with Crippen molar-refractivity contribution in [1.82, 2.24) is 4.98 Å². The quantitative estimate of drug-likeness (QED) is 0.646. The molecular weight excluding hydrogens is 362 g/mol. The molecule has 0 aliphatic carbocycles. The fraction of sp³-hybridized carbons (Fsp3) is 0.190. The Kier molecular flexibility index (Phi) is 5.74. The topological polar surface area (TPSA) is 95.0 Å². The maximum atomic E-state index is 12.1. The Morgan fingerprint density at radius 2 is 1.75 bits per heavy atom. The van der Waals surface area contributed by atoms with Gasteiger partial charge in [-0.2, -0.15) is 0 Å². The van der Waals surface area contributed by atoms with Gasteiger partial charge in [-0.1, -0.05) is 18.2 Å². The first kappa shape index (κ1) is 19.2. The normalized spacial score (nSPS) is 10.5. The van der Waals surface area contributed by atoms with Crippen molar-refractivity contribution < 1.29 is 28.9 Å². The number of esters is 2. The molecule has 0 fully saturated rings. The molecule has 0 unspecified atom stereocenters. The fourth-order valence-corrected chi connectivity index (χ4v) is 2.65. The van der Waals surface area contributed by atoms with E-state index in [-0.39, 0.29) is 24.7 Å². The number of carbonyl (C=O) groups is 2. The Bertz CT molecular complexity index is 1020. The molecule has 3 aromatic rings. The molecule has 1 heterocycles. The third-order valence-corrected chi connectivity index (χ3v) is 3.89. The van der Waals surface area contributed by atoms with Crippen molar-refractivity contribution in [2.45, 2.75) is 20.5 Å². The third-order valence-electron chi connectivity index (χ3n) is 3.89. The van der Waals surface area contributed by atoms with Gasteiger partial charge in [-0.3, -0.25) is 4.79 Å². The summed E-state index contributed by atoms with van der Waals surface area (Å²) in [5.41, 5.74) is 0.0813. The van der Waals surface area contributed by atoms with E-state index < -0.39 is 11.9 Å². The molecule has 0 bridgehead atoms. The van der Waals surface area contributed by atoms with Gasteiger partial charge in [0.2, 0.25) is 0 Å². The molecule has 0 amide bonds. The minimum atomic E-state index is -0.754. The molecule has 0 saturated heterocycles. The molecule has 3 rings (SSSR count). The van der Waals surface area contributed by atoms with Crippen molar-refractivity contribution in [3.05, 3.63) is 59.9 Å². The summed E-state index contributed by atoms with van der Waals surface area (Å²) >= 11 is 0. The number of carbonyl (C=O) groups excluding carboxylic acids is 2. The van der Waals surface area contributed by atoms with Crippen molar-refractivity contribution in [3.63, 3.8) is 0 Å². The first-order valence-electron chi connectivity index (χ1n) is 8.68. The standard InChI is InChI=1S/C21H19NO6/c1-3-26-21(25)19-20(24)16-10-9-15(28-14-7-5-4-6-8-14)11-17(16)18(22-19)12-27-13(2)23/h4-11,24H,3,12H2,1-2H3. The van der Waals surface area contributed by atoms with E-state index in [0.717, 1.165) is 0 Å². The zero-order valence-electron chi connectivity index (χ0n) is 15.5. The highest BCUT2D eigenvalue weighted by molar-refractivity contribution is 6.00. The van der Waals surface area contributed by atoms with Crippen LogP contribution in [0.2, 0.25) is 0 Å². The van der Waals surface area contributed by atoms with Crippen LogP contribution >= 0.6 is 0 Å². The van der Waals surface area contributed by atoms with Crippen LogP contribution in [0.1, 0.15) is 30.0 Å². The predicted molar refractivity (Wildman–Crippen MR) is 101 cm³/mol. The number of para-hydroxylation sites is 1. The number of hydrogen-bond donors (Lipinski definition) is 1. The van der Waals surface area contributed by atoms with Gasteiger partial charge in [0.05, 0.1) is 12.3 Å². The molecule has 7 heteroatoms. The summed E-state index contributed by atoms with van der Waals surface area (Å²) in [6, 6.07) is 14.1. The van der Waals surface area contributed by atoms with Crippen LogP contribution in [0, 0.1) is 0 Å². The molecule has 1 aromatic heterocycles. The number of pyridine rings is 1. The molecule has 2 aromatic carbocycles. The van der Waals surface area contributed by atoms with Crippen LogP contribution in [0.5, 0.6) is 17.2 Å². The van der Waals surface area contributed by atoms with Gasteiger partial charge in [0.25, 0.3) is 0 Å². The molecule has 144 valence electrons. The largest absolute Gasteiger partial charge is 0.505 e. The van der Waals surface area contributed by atoms with Crippen LogP contribution in [0.25, 0.3) is 10.8 Å². The van der Waals surface area contributed by atoms with Crippen LogP contribution in [-0.4, -0.2) is 28.6 Å². The smallest absolute Gasteiger partial charge is 0.360 e. The number of nitrogens with zero attached hydrogens (tertiary/aromatic N) is 1. The van der Waals surface area contributed by atoms with E-state index in [1.165, 1.54) is 6.92 Å². The maximum Gasteiger partial charge on any atom is 0.360 e. The molecule has 0 saturated carbocycles. The van der Waals surface area contributed by atoms with Crippen molar-refractivity contribution in [3.8, 4) is 17.2 Å². The number of fused-ring (bicyclic) bond motifs is 1. The lowest BCUT2D eigenvalue weighted by molar-refractivity contribution is -0.142. The van der Waals surface area contributed by atoms with Crippen LogP contribution in [0.15, 0.2) is 48.5 Å². The second-order valence-electron chi connectivity index (χ2n) is 5.88. The highest BCUT2D eigenvalue weighted by Crippen LogP contribution is 2.34. The molecule has 0 spiro atoms. The van der Waals surface area contributed by atoms with E-state index in [0.29, 0.717) is 28.0 Å². The minimum absolute atomic E-state index is 0.140. The van der Waals surface area contributed by atoms with E-state index in [2.05, 4.69) is 4.98 Å². The SMILES string of the molecule is CCOC(=O)c1nc(COC(C)=O)c2cc(Oc3ccccc3)ccc2c1O. The van der Waals surface area contributed by atoms with Gasteiger partial charge in [0.15, 0.2) is 11.4 Å². The fourth-order valence-electron chi connectivity index (χ4n) is 2.65. The molecular formula is C21H19NO6. The molecule has 1 N–H and O–H groups in total. The Hall–Kier alpha value is -3.61. The molecule has 0 radical (unpaired) electrons. The number of aromatic hydroxyl groups is 1. The monoisotopic (exact) mass is 381 g/mol. The maximum absolute atomic E-state index is 12.1. The zero-order chi connectivity index (χ0) is 20.1. The first-order valence-corrected chi connectivity index (χ1v) is 8.68. The zero-order valence-corrected chi connectivity index (χ0v) is 15.5. The lowest BCUT2D eigenvalue weighted by Crippen LogP contribution is -2.11. The summed E-state index contributed by atoms with van der Waals surface area (Å²) in [5, 5.41) is 11.4. The van der Waals surface area contributed by atoms with Crippen LogP contribution in [0.4, 0.5) is 0 Å². The van der Waals surface area contributed by atoms with Crippen LogP contribution in [-0.2, 0) is 20.9 Å². The van der Waals surface area contributed by atoms with Gasteiger partial charge < -0.3 is 19.3 Å². The summed E-state index contributed by atoms with van der Waals surface area (Å²) in [7, 11) is 0. The van der Waals surface area contributed by atoms with Crippen molar-refractivity contribution >= 4 is 22.7 Å². The molecule has 7 nitrogen and oxygen atoms in total. The van der Waals surface area contributed by atoms with Crippen LogP contribution in [0.3, 0.4) is 0 Å². The van der Waals surface area contributed by atoms with Crippen LogP contribution < -0.4 is 4.74 Å². The molecule has 0 aliphatic heterocycles. The lowest BCUT2D eigenvalue weighted by atomic mass is 10.1. The number of ether oxygens (including phenoxy) is 3. The van der Waals surface area contributed by atoms with Gasteiger partial charge in [-0.15, -0.1) is 0 Å². The predicted octanol–water partition coefficient (Wildman–Crippen LogP) is 3.97. The van der Waals surface area contributed by atoms with E-state index in [1.54, 1.807) is 25.1 Å². The minimum Gasteiger partial charge on any atom is -0.505 e. The van der Waals surface area contributed by atoms with Gasteiger partial charge in [-0.05, 0) is 37.3 Å². The summed E-state index contributed by atoms with van der Waals surface area (Å²) in [5.74, 6) is -0.393. The van der Waals surface area contributed by atoms with Gasteiger partial charge in [0, 0.05) is 17.7 Å². The Morgan fingerprint density at radius 1 is 1.00 bits per heavy atom. The van der Waals surface area contributed by atoms with Gasteiger partial charge in [0.1, 0.15) is 18.1 Å². The van der Waals surface area contributed by atoms with Gasteiger partial charge in [-0.25, -0.2) is 9.78 Å². The first-order chi connectivity index (χ1) is 13.5. The lowest BCUT2D eigenvalue weighted by Gasteiger charge is -2.13. The molecule has 28 heavy (non-hydrogen) atoms. The summed E-state index contributed by atoms with van der Waals surface area (Å²) in [6.07, 6.45) is 0. The second-order valence-corrected chi connectivity index (χ2v) is 5.88. The van der Waals surface area contributed by atoms with Crippen molar-refractivity contribution in [2.24, 2.45) is 0 Å². The number of aromatic nitrogens is 1. The number of hydrogen-bond acceptors (Lipinski definition) is 7. The summed E-state index contributed by atoms with van der Waals surface area (Å²) in [6.45, 7) is 2.91. The average Bonchev–Trinajstić information content (AvgIpc) is 2.68. The average molecular weight is 381 g/mol. The van der Waals surface area contributed by atoms with Crippen molar-refractivity contribution in [1.29, 1.82) is 0 Å². The van der Waals surface area contributed by atoms with Gasteiger partial charge >= 0.3 is 11.9 Å². The summed E-state index contributed by atoms with van der Waals surface area (Å²) < 4.78 is 15.8. The van der Waals surface area contributed by atoms with E-state index >= 15 is 0 Å². The van der Waals surface area contributed by atoms with Crippen molar-refractivity contribution in [2.75, 3.05) is 6.61 Å².